The molecule has 1 heterocycles. The Balaban J connectivity index is 1.41. The van der Waals surface area contributed by atoms with Crippen molar-refractivity contribution in [1.29, 1.82) is 0 Å². The maximum atomic E-state index is 12.7. The number of fused-ring (bicyclic) bond motifs is 5. The molecule has 2 N–H and O–H groups in total. The van der Waals surface area contributed by atoms with Crippen molar-refractivity contribution in [2.24, 2.45) is 28.6 Å². The van der Waals surface area contributed by atoms with E-state index in [1.165, 1.54) is 38.5 Å². The summed E-state index contributed by atoms with van der Waals surface area (Å²) in [5.74, 6) is 1.78. The molecule has 35 heavy (non-hydrogen) atoms. The number of hydrogen-bond donors (Lipinski definition) is 2. The van der Waals surface area contributed by atoms with Crippen LogP contribution in [0.1, 0.15) is 96.5 Å². The van der Waals surface area contributed by atoms with Crippen LogP contribution in [0, 0.1) is 28.6 Å². The van der Waals surface area contributed by atoms with Gasteiger partial charge in [0.25, 0.3) is 0 Å². The molecule has 0 saturated heterocycles. The first-order valence-corrected chi connectivity index (χ1v) is 14.4. The predicted octanol–water partition coefficient (Wildman–Crippen LogP) is 5.74. The fourth-order valence-corrected chi connectivity index (χ4v) is 9.50. The van der Waals surface area contributed by atoms with E-state index in [0.29, 0.717) is 23.9 Å². The molecule has 3 unspecified atom stereocenters. The molecule has 198 valence electrons. The zero-order chi connectivity index (χ0) is 24.9. The van der Waals surface area contributed by atoms with Gasteiger partial charge in [-0.25, -0.2) is 0 Å². The van der Waals surface area contributed by atoms with Gasteiger partial charge in [-0.05, 0) is 114 Å². The normalized spacial score (nSPS) is 44.0. The SMILES string of the molecule is CN(C)CCCC(O)COC1(c2ccoc2)CC[C@@]2(O)[C@@H]3CCC4CCCC[C@]4(C)[C@@H]3CC[C@]12C. The molecule has 4 fully saturated rings. The second-order valence-electron chi connectivity index (χ2n) is 13.3. The number of aliphatic hydroxyl groups is 2. The molecule has 0 radical (unpaired) electrons. The van der Waals surface area contributed by atoms with Gasteiger partial charge in [-0.3, -0.25) is 0 Å². The molecule has 4 aliphatic rings. The zero-order valence-corrected chi connectivity index (χ0v) is 22.6. The van der Waals surface area contributed by atoms with Crippen LogP contribution in [0.15, 0.2) is 23.0 Å². The smallest absolute Gasteiger partial charge is 0.104 e. The van der Waals surface area contributed by atoms with Crippen molar-refractivity contribution in [3.8, 4) is 0 Å². The lowest BCUT2D eigenvalue weighted by molar-refractivity contribution is -0.250. The molecule has 5 heteroatoms. The molecule has 0 aromatic carbocycles. The van der Waals surface area contributed by atoms with Crippen LogP contribution in [0.4, 0.5) is 0 Å². The van der Waals surface area contributed by atoms with Crippen LogP contribution >= 0.6 is 0 Å². The van der Waals surface area contributed by atoms with Crippen LogP contribution in [0.3, 0.4) is 0 Å². The van der Waals surface area contributed by atoms with Crippen molar-refractivity contribution in [3.05, 3.63) is 24.2 Å². The minimum atomic E-state index is -0.742. The van der Waals surface area contributed by atoms with Gasteiger partial charge in [0.05, 0.1) is 30.8 Å². The van der Waals surface area contributed by atoms with Gasteiger partial charge in [-0.2, -0.15) is 0 Å². The zero-order valence-electron chi connectivity index (χ0n) is 22.6. The minimum absolute atomic E-state index is 0.304. The van der Waals surface area contributed by atoms with E-state index in [4.69, 9.17) is 9.15 Å². The Kier molecular flexibility index (Phi) is 6.96. The van der Waals surface area contributed by atoms with Gasteiger partial charge in [0.15, 0.2) is 0 Å². The van der Waals surface area contributed by atoms with E-state index in [-0.39, 0.29) is 0 Å². The van der Waals surface area contributed by atoms with Crippen LogP contribution in [0.25, 0.3) is 0 Å². The highest BCUT2D eigenvalue weighted by atomic mass is 16.5. The van der Waals surface area contributed by atoms with Crippen LogP contribution in [0.5, 0.6) is 0 Å². The third-order valence-corrected chi connectivity index (χ3v) is 11.5. The van der Waals surface area contributed by atoms with Gasteiger partial charge in [-0.15, -0.1) is 0 Å². The lowest BCUT2D eigenvalue weighted by Crippen LogP contribution is -2.64. The fourth-order valence-electron chi connectivity index (χ4n) is 9.50. The number of hydrogen-bond acceptors (Lipinski definition) is 5. The third-order valence-electron chi connectivity index (χ3n) is 11.5. The van der Waals surface area contributed by atoms with Crippen molar-refractivity contribution < 1.29 is 19.4 Å². The minimum Gasteiger partial charge on any atom is -0.472 e. The Morgan fingerprint density at radius 1 is 1.06 bits per heavy atom. The second-order valence-corrected chi connectivity index (χ2v) is 13.3. The first-order valence-electron chi connectivity index (χ1n) is 14.4. The largest absolute Gasteiger partial charge is 0.472 e. The van der Waals surface area contributed by atoms with Crippen LogP contribution in [-0.4, -0.2) is 54.1 Å². The van der Waals surface area contributed by atoms with Gasteiger partial charge in [0.1, 0.15) is 5.60 Å². The molecule has 1 aromatic rings. The molecule has 5 rings (SSSR count). The summed E-state index contributed by atoms with van der Waals surface area (Å²) in [7, 11) is 4.13. The standard InChI is InChI=1S/C30H49NO4/c1-27-14-6-5-8-22(27)10-11-26-25(27)12-15-28(2)29(26,33)16-17-30(28,23-13-19-34-20-23)35-21-24(32)9-7-18-31(3)4/h13,19-20,22,24-26,32-33H,5-12,14-18,21H2,1-4H3/t22?,24?,25-,26-,27+,28+,29-,30?/m1/s1. The number of ether oxygens (including phenoxy) is 1. The Hall–Kier alpha value is -0.880. The summed E-state index contributed by atoms with van der Waals surface area (Å²) in [5.41, 5.74) is -0.344. The Bertz CT molecular complexity index is 857. The molecule has 5 nitrogen and oxygen atoms in total. The van der Waals surface area contributed by atoms with Crippen molar-refractivity contribution >= 4 is 0 Å². The first kappa shape index (κ1) is 25.8. The molecule has 1 aromatic heterocycles. The third kappa shape index (κ3) is 3.95. The molecule has 0 bridgehead atoms. The number of nitrogens with zero attached hydrogens (tertiary/aromatic N) is 1. The Labute approximate surface area is 212 Å². The van der Waals surface area contributed by atoms with Gasteiger partial charge in [-0.1, -0.05) is 26.7 Å². The van der Waals surface area contributed by atoms with E-state index in [2.05, 4.69) is 32.8 Å². The second kappa shape index (κ2) is 9.45. The van der Waals surface area contributed by atoms with E-state index in [1.54, 1.807) is 6.26 Å². The summed E-state index contributed by atoms with van der Waals surface area (Å²) < 4.78 is 12.4. The van der Waals surface area contributed by atoms with E-state index in [9.17, 15) is 10.2 Å². The number of aliphatic hydroxyl groups excluding tert-OH is 1. The predicted molar refractivity (Wildman–Crippen MR) is 138 cm³/mol. The number of furan rings is 1. The molecule has 4 aliphatic carbocycles. The van der Waals surface area contributed by atoms with E-state index in [1.807, 2.05) is 12.3 Å². The van der Waals surface area contributed by atoms with Gasteiger partial charge >= 0.3 is 0 Å². The van der Waals surface area contributed by atoms with Crippen LogP contribution in [0.2, 0.25) is 0 Å². The summed E-state index contributed by atoms with van der Waals surface area (Å²) in [6, 6.07) is 2.03. The van der Waals surface area contributed by atoms with Crippen molar-refractivity contribution in [1.82, 2.24) is 4.90 Å². The summed E-state index contributed by atoms with van der Waals surface area (Å²) in [5, 5.41) is 23.5. The van der Waals surface area contributed by atoms with Gasteiger partial charge in [0, 0.05) is 11.0 Å². The van der Waals surface area contributed by atoms with Crippen LogP contribution < -0.4 is 0 Å². The topological polar surface area (TPSA) is 66.1 Å². The monoisotopic (exact) mass is 487 g/mol. The van der Waals surface area contributed by atoms with Crippen molar-refractivity contribution in [2.75, 3.05) is 27.2 Å². The average Bonchev–Trinajstić information content (AvgIpc) is 3.43. The molecule has 0 aliphatic heterocycles. The lowest BCUT2D eigenvalue weighted by Gasteiger charge is -2.64. The summed E-state index contributed by atoms with van der Waals surface area (Å²) in [4.78, 5) is 2.15. The molecular weight excluding hydrogens is 438 g/mol. The van der Waals surface area contributed by atoms with Crippen molar-refractivity contribution in [2.45, 2.75) is 108 Å². The first-order chi connectivity index (χ1) is 16.7. The highest BCUT2D eigenvalue weighted by Gasteiger charge is 2.73. The average molecular weight is 488 g/mol. The molecular formula is C30H49NO4. The fraction of sp³-hybridized carbons (Fsp3) is 0.867. The van der Waals surface area contributed by atoms with E-state index >= 15 is 0 Å². The molecule has 4 saturated carbocycles. The molecule has 0 amide bonds. The van der Waals surface area contributed by atoms with Crippen LogP contribution in [-0.2, 0) is 10.3 Å². The summed E-state index contributed by atoms with van der Waals surface area (Å²) in [6.45, 7) is 6.11. The van der Waals surface area contributed by atoms with E-state index in [0.717, 1.165) is 56.6 Å². The Morgan fingerprint density at radius 2 is 1.89 bits per heavy atom. The molecule has 0 spiro atoms. The summed E-state index contributed by atoms with van der Waals surface area (Å²) >= 11 is 0. The lowest BCUT2D eigenvalue weighted by atomic mass is 9.43. The van der Waals surface area contributed by atoms with Crippen molar-refractivity contribution in [3.63, 3.8) is 0 Å². The maximum Gasteiger partial charge on any atom is 0.104 e. The van der Waals surface area contributed by atoms with Gasteiger partial charge in [0.2, 0.25) is 0 Å². The molecule has 8 atom stereocenters. The highest BCUT2D eigenvalue weighted by Crippen LogP contribution is 2.72. The highest BCUT2D eigenvalue weighted by molar-refractivity contribution is 5.31. The maximum absolute atomic E-state index is 12.7. The number of rotatable bonds is 8. The van der Waals surface area contributed by atoms with E-state index < -0.39 is 22.7 Å². The summed E-state index contributed by atoms with van der Waals surface area (Å²) in [6.07, 6.45) is 16.3. The quantitative estimate of drug-likeness (QED) is 0.489. The Morgan fingerprint density at radius 3 is 2.63 bits per heavy atom. The van der Waals surface area contributed by atoms with Gasteiger partial charge < -0.3 is 24.3 Å².